The van der Waals surface area contributed by atoms with Gasteiger partial charge in [-0.2, -0.15) is 0 Å². The Morgan fingerprint density at radius 1 is 0.947 bits per heavy atom. The molecular weight excluding hydrogens is 234 g/mol. The highest BCUT2D eigenvalue weighted by Gasteiger charge is 2.59. The van der Waals surface area contributed by atoms with Crippen LogP contribution in [0.5, 0.6) is 0 Å². The van der Waals surface area contributed by atoms with Gasteiger partial charge in [0.05, 0.1) is 0 Å². The Bertz CT molecular complexity index is 304. The summed E-state index contributed by atoms with van der Waals surface area (Å²) in [5.41, 5.74) is 1.23. The summed E-state index contributed by atoms with van der Waals surface area (Å²) in [7, 11) is 2.15. The Morgan fingerprint density at radius 2 is 1.47 bits per heavy atom. The molecule has 5 fully saturated rings. The average Bonchev–Trinajstić information content (AvgIpc) is 2.38. The van der Waals surface area contributed by atoms with Crippen molar-refractivity contribution in [3.8, 4) is 0 Å². The van der Waals surface area contributed by atoms with Crippen molar-refractivity contribution in [2.45, 2.75) is 51.4 Å². The predicted molar refractivity (Wildman–Crippen MR) is 77.0 cm³/mol. The first-order valence-corrected chi connectivity index (χ1v) is 8.48. The maximum absolute atomic E-state index is 5.71. The lowest BCUT2D eigenvalue weighted by Gasteiger charge is -2.65. The molecular formula is C17H29NO. The number of rotatable bonds is 3. The summed E-state index contributed by atoms with van der Waals surface area (Å²) in [6.45, 7) is 3.23. The summed E-state index contributed by atoms with van der Waals surface area (Å²) in [6, 6.07) is 0. The molecule has 4 saturated carbocycles. The molecule has 0 amide bonds. The van der Waals surface area contributed by atoms with Crippen LogP contribution in [0.4, 0.5) is 0 Å². The Morgan fingerprint density at radius 3 is 1.95 bits per heavy atom. The smallest absolute Gasteiger partial charge is 0.0472 e. The van der Waals surface area contributed by atoms with E-state index in [2.05, 4.69) is 12.4 Å². The molecule has 1 saturated heterocycles. The molecule has 108 valence electrons. The molecule has 2 nitrogen and oxygen atoms in total. The molecule has 0 aromatic heterocycles. The first-order chi connectivity index (χ1) is 9.25. The van der Waals surface area contributed by atoms with E-state index in [0.29, 0.717) is 10.8 Å². The van der Waals surface area contributed by atoms with Gasteiger partial charge in [-0.25, -0.2) is 0 Å². The van der Waals surface area contributed by atoms with E-state index < -0.39 is 0 Å². The number of hydrogen-bond donors (Lipinski definition) is 1. The van der Waals surface area contributed by atoms with Crippen molar-refractivity contribution in [3.05, 3.63) is 0 Å². The zero-order chi connectivity index (χ0) is 12.9. The Balaban J connectivity index is 1.67. The molecule has 1 heterocycles. The van der Waals surface area contributed by atoms with Crippen LogP contribution < -0.4 is 5.32 Å². The second kappa shape index (κ2) is 4.46. The highest BCUT2D eigenvalue weighted by atomic mass is 16.5. The van der Waals surface area contributed by atoms with Crippen molar-refractivity contribution in [2.24, 2.45) is 28.6 Å². The highest BCUT2D eigenvalue weighted by Crippen LogP contribution is 2.67. The van der Waals surface area contributed by atoms with E-state index in [1.54, 1.807) is 38.5 Å². The first kappa shape index (κ1) is 12.6. The Hall–Kier alpha value is -0.0800. The fraction of sp³-hybridized carbons (Fsp3) is 1.00. The lowest BCUT2D eigenvalue weighted by molar-refractivity contribution is -0.161. The molecule has 0 atom stereocenters. The lowest BCUT2D eigenvalue weighted by Crippen LogP contribution is -2.59. The summed E-state index contributed by atoms with van der Waals surface area (Å²) in [5.74, 6) is 3.22. The Kier molecular flexibility index (Phi) is 2.97. The van der Waals surface area contributed by atoms with E-state index in [1.807, 2.05) is 0 Å². The van der Waals surface area contributed by atoms with Crippen molar-refractivity contribution in [2.75, 3.05) is 26.8 Å². The minimum absolute atomic E-state index is 0.552. The zero-order valence-electron chi connectivity index (χ0n) is 12.4. The SMILES string of the molecule is CNCC1(C23CC4CC(CC(C4)C2)C3)CCOCC1. The topological polar surface area (TPSA) is 21.3 Å². The number of hydrogen-bond acceptors (Lipinski definition) is 2. The van der Waals surface area contributed by atoms with Crippen molar-refractivity contribution >= 4 is 0 Å². The molecule has 2 heteroatoms. The summed E-state index contributed by atoms with van der Waals surface area (Å²) in [4.78, 5) is 0. The van der Waals surface area contributed by atoms with Crippen LogP contribution in [0.1, 0.15) is 51.4 Å². The third-order valence-corrected chi connectivity index (χ3v) is 7.13. The van der Waals surface area contributed by atoms with Gasteiger partial charge in [-0.3, -0.25) is 0 Å². The van der Waals surface area contributed by atoms with Gasteiger partial charge in [-0.15, -0.1) is 0 Å². The van der Waals surface area contributed by atoms with Gasteiger partial charge in [0.1, 0.15) is 0 Å². The maximum Gasteiger partial charge on any atom is 0.0472 e. The van der Waals surface area contributed by atoms with Gasteiger partial charge in [0.25, 0.3) is 0 Å². The lowest BCUT2D eigenvalue weighted by atomic mass is 9.41. The quantitative estimate of drug-likeness (QED) is 0.844. The third kappa shape index (κ3) is 1.82. The van der Waals surface area contributed by atoms with Gasteiger partial charge < -0.3 is 10.1 Å². The third-order valence-electron chi connectivity index (χ3n) is 7.13. The van der Waals surface area contributed by atoms with Crippen LogP contribution in [0.15, 0.2) is 0 Å². The van der Waals surface area contributed by atoms with E-state index in [9.17, 15) is 0 Å². The molecule has 4 bridgehead atoms. The largest absolute Gasteiger partial charge is 0.381 e. The molecule has 0 aromatic carbocycles. The van der Waals surface area contributed by atoms with Crippen LogP contribution in [-0.2, 0) is 4.74 Å². The summed E-state index contributed by atoms with van der Waals surface area (Å²) in [6.07, 6.45) is 11.9. The number of ether oxygens (including phenoxy) is 1. The number of nitrogens with one attached hydrogen (secondary N) is 1. The highest BCUT2D eigenvalue weighted by molar-refractivity contribution is 5.10. The molecule has 5 aliphatic rings. The Labute approximate surface area is 117 Å². The first-order valence-electron chi connectivity index (χ1n) is 8.48. The van der Waals surface area contributed by atoms with Crippen molar-refractivity contribution in [3.63, 3.8) is 0 Å². The predicted octanol–water partition coefficient (Wildman–Crippen LogP) is 3.22. The second-order valence-corrected chi connectivity index (χ2v) is 8.12. The fourth-order valence-electron chi connectivity index (χ4n) is 6.76. The molecule has 0 spiro atoms. The van der Waals surface area contributed by atoms with E-state index >= 15 is 0 Å². The van der Waals surface area contributed by atoms with E-state index in [-0.39, 0.29) is 0 Å². The van der Waals surface area contributed by atoms with E-state index in [0.717, 1.165) is 31.0 Å². The van der Waals surface area contributed by atoms with Gasteiger partial charge in [-0.05, 0) is 87.0 Å². The van der Waals surface area contributed by atoms with Gasteiger partial charge >= 0.3 is 0 Å². The van der Waals surface area contributed by atoms with Crippen molar-refractivity contribution in [1.29, 1.82) is 0 Å². The minimum Gasteiger partial charge on any atom is -0.381 e. The van der Waals surface area contributed by atoms with Gasteiger partial charge in [-0.1, -0.05) is 0 Å². The minimum atomic E-state index is 0.552. The van der Waals surface area contributed by atoms with Gasteiger partial charge in [0, 0.05) is 19.8 Å². The molecule has 1 N–H and O–H groups in total. The van der Waals surface area contributed by atoms with E-state index in [4.69, 9.17) is 4.74 Å². The molecule has 0 aromatic rings. The maximum atomic E-state index is 5.71. The van der Waals surface area contributed by atoms with Crippen LogP contribution in [0.2, 0.25) is 0 Å². The van der Waals surface area contributed by atoms with Crippen molar-refractivity contribution in [1.82, 2.24) is 5.32 Å². The monoisotopic (exact) mass is 263 g/mol. The molecule has 4 aliphatic carbocycles. The van der Waals surface area contributed by atoms with Crippen LogP contribution in [0.3, 0.4) is 0 Å². The van der Waals surface area contributed by atoms with Crippen LogP contribution in [-0.4, -0.2) is 26.8 Å². The fourth-order valence-corrected chi connectivity index (χ4v) is 6.76. The van der Waals surface area contributed by atoms with Crippen LogP contribution in [0, 0.1) is 28.6 Å². The van der Waals surface area contributed by atoms with Crippen LogP contribution >= 0.6 is 0 Å². The zero-order valence-corrected chi connectivity index (χ0v) is 12.4. The summed E-state index contributed by atoms with van der Waals surface area (Å²) in [5, 5.41) is 3.55. The van der Waals surface area contributed by atoms with Gasteiger partial charge in [0.15, 0.2) is 0 Å². The average molecular weight is 263 g/mol. The summed E-state index contributed by atoms with van der Waals surface area (Å²) < 4.78 is 5.71. The van der Waals surface area contributed by atoms with Crippen LogP contribution in [0.25, 0.3) is 0 Å². The standard InChI is InChI=1S/C17H29NO/c1-18-12-16(2-4-19-5-3-16)17-9-13-6-14(10-17)8-15(7-13)11-17/h13-15,18H,2-12H2,1H3. The molecule has 0 unspecified atom stereocenters. The molecule has 0 radical (unpaired) electrons. The second-order valence-electron chi connectivity index (χ2n) is 8.12. The van der Waals surface area contributed by atoms with Crippen molar-refractivity contribution < 1.29 is 4.74 Å². The van der Waals surface area contributed by atoms with E-state index in [1.165, 1.54) is 19.4 Å². The molecule has 5 rings (SSSR count). The van der Waals surface area contributed by atoms with Gasteiger partial charge in [0.2, 0.25) is 0 Å². The molecule has 19 heavy (non-hydrogen) atoms. The summed E-state index contributed by atoms with van der Waals surface area (Å²) >= 11 is 0. The normalized spacial score (nSPS) is 47.5. The molecule has 1 aliphatic heterocycles.